The van der Waals surface area contributed by atoms with Crippen molar-refractivity contribution in [1.82, 2.24) is 9.88 Å². The molecule has 0 aliphatic carbocycles. The number of amides is 1. The molecular weight excluding hydrogens is 528 g/mol. The van der Waals surface area contributed by atoms with Crippen LogP contribution in [-0.4, -0.2) is 67.9 Å². The Hall–Kier alpha value is -3.46. The van der Waals surface area contributed by atoms with Crippen molar-refractivity contribution in [3.05, 3.63) is 85.8 Å². The number of hydrogen-bond donors (Lipinski definition) is 2. The minimum absolute atomic E-state index is 0.131. The number of carbonyl (C=O) groups is 1. The Kier molecular flexibility index (Phi) is 9.46. The number of aromatic amines is 1. The van der Waals surface area contributed by atoms with E-state index in [1.807, 2.05) is 26.8 Å². The van der Waals surface area contributed by atoms with E-state index in [0.717, 1.165) is 105 Å². The second kappa shape index (κ2) is 13.2. The number of morpholine rings is 1. The zero-order valence-corrected chi connectivity index (χ0v) is 25.4. The number of nitrogens with two attached hydrogens (primary N) is 1. The molecule has 0 atom stereocenters. The molecule has 3 heterocycles. The molecule has 2 aliphatic rings. The number of primary amides is 1. The van der Waals surface area contributed by atoms with Crippen molar-refractivity contribution < 1.29 is 14.3 Å². The highest BCUT2D eigenvalue weighted by atomic mass is 16.5. The standard InChI is InChI=1S/C34H44N4O4/c1-5-38(27-10-14-41-15-11-27)31-20-29(26-8-6-25(7-9-26)21-37-12-16-42-17-13-37)30(32(24(31)4)33(35)39)19-28-22(2)18-23(3)36-34(28)40/h6-9,18,20,27H,5,10-17,19,21H2,1-4H3,(H2,35,39)(H,36,40). The second-order valence-electron chi connectivity index (χ2n) is 11.6. The van der Waals surface area contributed by atoms with Crippen molar-refractivity contribution in [2.45, 2.75) is 59.5 Å². The summed E-state index contributed by atoms with van der Waals surface area (Å²) >= 11 is 0. The lowest BCUT2D eigenvalue weighted by molar-refractivity contribution is 0.0342. The zero-order chi connectivity index (χ0) is 29.8. The van der Waals surface area contributed by atoms with Gasteiger partial charge in [-0.25, -0.2) is 0 Å². The Morgan fingerprint density at radius 2 is 1.67 bits per heavy atom. The van der Waals surface area contributed by atoms with Crippen LogP contribution in [0.3, 0.4) is 0 Å². The van der Waals surface area contributed by atoms with Gasteiger partial charge in [0.2, 0.25) is 5.91 Å². The second-order valence-corrected chi connectivity index (χ2v) is 11.6. The molecule has 0 spiro atoms. The molecule has 42 heavy (non-hydrogen) atoms. The quantitative estimate of drug-likeness (QED) is 0.392. The number of nitrogens with one attached hydrogen (secondary N) is 1. The monoisotopic (exact) mass is 572 g/mol. The first-order valence-corrected chi connectivity index (χ1v) is 15.2. The van der Waals surface area contributed by atoms with Gasteiger partial charge in [0.05, 0.1) is 13.2 Å². The van der Waals surface area contributed by atoms with Crippen LogP contribution in [0.25, 0.3) is 11.1 Å². The Morgan fingerprint density at radius 1 is 1.00 bits per heavy atom. The van der Waals surface area contributed by atoms with E-state index in [2.05, 4.69) is 52.0 Å². The summed E-state index contributed by atoms with van der Waals surface area (Å²) in [6, 6.07) is 13.1. The van der Waals surface area contributed by atoms with Crippen molar-refractivity contribution in [3.8, 4) is 11.1 Å². The maximum Gasteiger partial charge on any atom is 0.251 e. The SMILES string of the molecule is CCN(c1cc(-c2ccc(CN3CCOCC3)cc2)c(Cc2c(C)cc(C)[nH]c2=O)c(C(N)=O)c1C)C1CCOCC1. The van der Waals surface area contributed by atoms with Crippen LogP contribution in [0.2, 0.25) is 0 Å². The van der Waals surface area contributed by atoms with E-state index >= 15 is 0 Å². The molecule has 2 aliphatic heterocycles. The number of carbonyl (C=O) groups excluding carboxylic acids is 1. The van der Waals surface area contributed by atoms with Crippen LogP contribution in [0.4, 0.5) is 5.69 Å². The highest BCUT2D eigenvalue weighted by Gasteiger charge is 2.28. The lowest BCUT2D eigenvalue weighted by Crippen LogP contribution is -2.40. The molecular formula is C34H44N4O4. The summed E-state index contributed by atoms with van der Waals surface area (Å²) in [4.78, 5) is 34.1. The molecule has 1 amide bonds. The summed E-state index contributed by atoms with van der Waals surface area (Å²) in [5, 5.41) is 0. The van der Waals surface area contributed by atoms with E-state index < -0.39 is 5.91 Å². The van der Waals surface area contributed by atoms with Crippen molar-refractivity contribution in [1.29, 1.82) is 0 Å². The van der Waals surface area contributed by atoms with Gasteiger partial charge in [-0.3, -0.25) is 14.5 Å². The molecule has 5 rings (SSSR count). The van der Waals surface area contributed by atoms with E-state index in [4.69, 9.17) is 15.2 Å². The molecule has 1 aromatic heterocycles. The Bertz CT molecular complexity index is 1470. The van der Waals surface area contributed by atoms with Gasteiger partial charge in [0.15, 0.2) is 0 Å². The average molecular weight is 573 g/mol. The molecule has 3 N–H and O–H groups in total. The van der Waals surface area contributed by atoms with Crippen LogP contribution >= 0.6 is 0 Å². The highest BCUT2D eigenvalue weighted by molar-refractivity contribution is 6.00. The Balaban J connectivity index is 1.65. The summed E-state index contributed by atoms with van der Waals surface area (Å²) < 4.78 is 11.2. The van der Waals surface area contributed by atoms with E-state index in [1.165, 1.54) is 5.56 Å². The van der Waals surface area contributed by atoms with Gasteiger partial charge in [0, 0.05) is 74.4 Å². The van der Waals surface area contributed by atoms with Gasteiger partial charge in [-0.1, -0.05) is 24.3 Å². The highest BCUT2D eigenvalue weighted by Crippen LogP contribution is 2.38. The largest absolute Gasteiger partial charge is 0.381 e. The van der Waals surface area contributed by atoms with Crippen LogP contribution in [-0.2, 0) is 22.4 Å². The van der Waals surface area contributed by atoms with Crippen molar-refractivity contribution >= 4 is 11.6 Å². The van der Waals surface area contributed by atoms with Crippen LogP contribution in [0.5, 0.6) is 0 Å². The summed E-state index contributed by atoms with van der Waals surface area (Å²) in [7, 11) is 0. The summed E-state index contributed by atoms with van der Waals surface area (Å²) in [5.74, 6) is -0.473. The first kappa shape index (κ1) is 30.0. The summed E-state index contributed by atoms with van der Waals surface area (Å²) in [6.45, 7) is 14.5. The molecule has 2 aromatic carbocycles. The van der Waals surface area contributed by atoms with Gasteiger partial charge < -0.3 is 25.1 Å². The predicted molar refractivity (Wildman–Crippen MR) is 167 cm³/mol. The predicted octanol–water partition coefficient (Wildman–Crippen LogP) is 4.49. The molecule has 8 nitrogen and oxygen atoms in total. The number of nitrogens with zero attached hydrogens (tertiary/aromatic N) is 2. The molecule has 3 aromatic rings. The first-order chi connectivity index (χ1) is 20.3. The summed E-state index contributed by atoms with van der Waals surface area (Å²) in [6.07, 6.45) is 2.18. The van der Waals surface area contributed by atoms with Crippen molar-refractivity contribution in [2.24, 2.45) is 5.73 Å². The molecule has 0 saturated carbocycles. The Labute approximate surface area is 248 Å². The van der Waals surface area contributed by atoms with E-state index in [9.17, 15) is 9.59 Å². The topological polar surface area (TPSA) is 101 Å². The molecule has 0 radical (unpaired) electrons. The van der Waals surface area contributed by atoms with E-state index in [0.29, 0.717) is 23.6 Å². The number of benzene rings is 2. The lowest BCUT2D eigenvalue weighted by atomic mass is 9.85. The van der Waals surface area contributed by atoms with Crippen molar-refractivity contribution in [2.75, 3.05) is 51.0 Å². The first-order valence-electron chi connectivity index (χ1n) is 15.2. The van der Waals surface area contributed by atoms with Crippen LogP contribution < -0.4 is 16.2 Å². The fourth-order valence-electron chi connectivity index (χ4n) is 6.60. The third-order valence-corrected chi connectivity index (χ3v) is 8.82. The number of rotatable bonds is 9. The molecule has 2 fully saturated rings. The lowest BCUT2D eigenvalue weighted by Gasteiger charge is -2.37. The normalized spacial score (nSPS) is 16.5. The number of aromatic nitrogens is 1. The molecule has 0 bridgehead atoms. The number of aryl methyl sites for hydroxylation is 2. The van der Waals surface area contributed by atoms with E-state index in [-0.39, 0.29) is 5.56 Å². The van der Waals surface area contributed by atoms with Gasteiger partial charge in [-0.2, -0.15) is 0 Å². The third-order valence-electron chi connectivity index (χ3n) is 8.82. The minimum atomic E-state index is -0.473. The number of ether oxygens (including phenoxy) is 2. The third kappa shape index (κ3) is 6.46. The molecule has 0 unspecified atom stereocenters. The van der Waals surface area contributed by atoms with Gasteiger partial charge in [-0.05, 0) is 86.1 Å². The van der Waals surface area contributed by atoms with Crippen LogP contribution in [0, 0.1) is 20.8 Å². The van der Waals surface area contributed by atoms with Gasteiger partial charge in [0.25, 0.3) is 5.56 Å². The smallest absolute Gasteiger partial charge is 0.251 e. The molecule has 224 valence electrons. The van der Waals surface area contributed by atoms with Gasteiger partial charge in [-0.15, -0.1) is 0 Å². The number of hydrogen-bond acceptors (Lipinski definition) is 6. The van der Waals surface area contributed by atoms with Crippen molar-refractivity contribution in [3.63, 3.8) is 0 Å². The Morgan fingerprint density at radius 3 is 2.29 bits per heavy atom. The number of pyridine rings is 1. The van der Waals surface area contributed by atoms with Gasteiger partial charge >= 0.3 is 0 Å². The number of anilines is 1. The van der Waals surface area contributed by atoms with Crippen LogP contribution in [0.1, 0.15) is 63.6 Å². The summed E-state index contributed by atoms with van der Waals surface area (Å²) in [5.41, 5.74) is 14.7. The zero-order valence-electron chi connectivity index (χ0n) is 25.4. The maximum absolute atomic E-state index is 13.2. The minimum Gasteiger partial charge on any atom is -0.381 e. The van der Waals surface area contributed by atoms with Crippen LogP contribution in [0.15, 0.2) is 41.2 Å². The molecule has 2 saturated heterocycles. The average Bonchev–Trinajstić information content (AvgIpc) is 2.97. The molecule has 8 heteroatoms. The fourth-order valence-corrected chi connectivity index (χ4v) is 6.60. The van der Waals surface area contributed by atoms with Gasteiger partial charge in [0.1, 0.15) is 0 Å². The number of H-pyrrole nitrogens is 1. The maximum atomic E-state index is 13.2. The fraction of sp³-hybridized carbons (Fsp3) is 0.471. The van der Waals surface area contributed by atoms with E-state index in [1.54, 1.807) is 0 Å².